The van der Waals surface area contributed by atoms with Gasteiger partial charge in [0, 0.05) is 36.3 Å². The number of H-pyrrole nitrogens is 1. The first-order chi connectivity index (χ1) is 17.3. The summed E-state index contributed by atoms with van der Waals surface area (Å²) in [7, 11) is 5.99. The van der Waals surface area contributed by atoms with E-state index in [1.54, 1.807) is 13.3 Å². The van der Waals surface area contributed by atoms with Gasteiger partial charge in [0.1, 0.15) is 11.6 Å². The quantitative estimate of drug-likeness (QED) is 0.411. The smallest absolute Gasteiger partial charge is 0.210 e. The summed E-state index contributed by atoms with van der Waals surface area (Å²) in [4.78, 5) is 11.3. The summed E-state index contributed by atoms with van der Waals surface area (Å²) in [6.45, 7) is 2.51. The Bertz CT molecular complexity index is 1330. The molecule has 4 N–H and O–H groups in total. The SMILES string of the molecule is COc1cc(N2CCC(N(C)C)CC2)ccc1NC1=NC(N)=C(Br)CN1c1cc2cn[nH]c2cc1Cl. The first-order valence-corrected chi connectivity index (χ1v) is 13.0. The third kappa shape index (κ3) is 4.85. The molecule has 3 aromatic rings. The summed E-state index contributed by atoms with van der Waals surface area (Å²) in [5.41, 5.74) is 9.79. The number of methoxy groups -OCH3 is 1. The summed E-state index contributed by atoms with van der Waals surface area (Å²) >= 11 is 10.2. The van der Waals surface area contributed by atoms with Crippen LogP contribution in [0.2, 0.25) is 5.02 Å². The molecule has 2 aromatic carbocycles. The molecule has 1 aromatic heterocycles. The van der Waals surface area contributed by atoms with Gasteiger partial charge in [-0.1, -0.05) is 11.6 Å². The normalized spacial score (nSPS) is 17.2. The van der Waals surface area contributed by atoms with E-state index in [2.05, 4.69) is 72.5 Å². The van der Waals surface area contributed by atoms with Crippen LogP contribution in [0.25, 0.3) is 10.9 Å². The number of aromatic nitrogens is 2. The fraction of sp³-hybridized carbons (Fsp3) is 0.360. The number of ether oxygens (including phenoxy) is 1. The lowest BCUT2D eigenvalue weighted by molar-refractivity contribution is 0.249. The van der Waals surface area contributed by atoms with Gasteiger partial charge >= 0.3 is 0 Å². The van der Waals surface area contributed by atoms with Crippen molar-refractivity contribution in [1.82, 2.24) is 15.1 Å². The molecule has 0 unspecified atom stereocenters. The average molecular weight is 574 g/mol. The van der Waals surface area contributed by atoms with E-state index in [1.807, 2.05) is 23.1 Å². The van der Waals surface area contributed by atoms with Crippen molar-refractivity contribution in [2.75, 3.05) is 56.0 Å². The lowest BCUT2D eigenvalue weighted by Crippen LogP contribution is -2.42. The summed E-state index contributed by atoms with van der Waals surface area (Å²) < 4.78 is 6.55. The molecule has 11 heteroatoms. The van der Waals surface area contributed by atoms with Crippen LogP contribution in [0.4, 0.5) is 17.1 Å². The maximum atomic E-state index is 6.67. The molecule has 1 saturated heterocycles. The van der Waals surface area contributed by atoms with Crippen molar-refractivity contribution in [2.24, 2.45) is 10.7 Å². The predicted molar refractivity (Wildman–Crippen MR) is 152 cm³/mol. The Hall–Kier alpha value is -2.95. The number of nitrogens with two attached hydrogens (primary N) is 1. The van der Waals surface area contributed by atoms with Crippen LogP contribution in [0.5, 0.6) is 5.75 Å². The van der Waals surface area contributed by atoms with Crippen molar-refractivity contribution in [3.05, 3.63) is 51.9 Å². The third-order valence-corrected chi connectivity index (χ3v) is 7.81. The molecule has 190 valence electrons. The summed E-state index contributed by atoms with van der Waals surface area (Å²) in [6.07, 6.45) is 4.05. The van der Waals surface area contributed by atoms with E-state index in [4.69, 9.17) is 22.1 Å². The fourth-order valence-electron chi connectivity index (χ4n) is 4.73. The minimum absolute atomic E-state index is 0.411. The van der Waals surface area contributed by atoms with E-state index in [1.165, 1.54) is 0 Å². The number of aliphatic imine (C=N–C) groups is 1. The maximum Gasteiger partial charge on any atom is 0.210 e. The van der Waals surface area contributed by atoms with Gasteiger partial charge in [-0.2, -0.15) is 10.1 Å². The Morgan fingerprint density at radius 3 is 2.72 bits per heavy atom. The van der Waals surface area contributed by atoms with Crippen LogP contribution < -0.4 is 25.6 Å². The number of fused-ring (bicyclic) bond motifs is 1. The number of nitrogens with zero attached hydrogens (tertiary/aromatic N) is 5. The zero-order valence-corrected chi connectivity index (χ0v) is 22.9. The van der Waals surface area contributed by atoms with E-state index >= 15 is 0 Å². The highest BCUT2D eigenvalue weighted by atomic mass is 79.9. The second-order valence-electron chi connectivity index (χ2n) is 9.26. The molecule has 0 saturated carbocycles. The second kappa shape index (κ2) is 10.2. The standard InChI is InChI=1S/C25H30BrClN8O/c1-33(2)16-6-8-34(9-7-16)17-4-5-20(23(11-17)36-3)30-25-31-24(28)18(26)14-35(25)22-10-15-13-29-32-21(15)12-19(22)27/h4-5,10-13,16H,6-9,14,28H2,1-3H3,(H,29,32)(H,30,31). The average Bonchev–Trinajstić information content (AvgIpc) is 3.33. The highest BCUT2D eigenvalue weighted by Gasteiger charge is 2.26. The molecule has 9 nitrogen and oxygen atoms in total. The molecular weight excluding hydrogens is 544 g/mol. The highest BCUT2D eigenvalue weighted by Crippen LogP contribution is 2.36. The van der Waals surface area contributed by atoms with Crippen LogP contribution in [0.15, 0.2) is 51.8 Å². The second-order valence-corrected chi connectivity index (χ2v) is 10.6. The largest absolute Gasteiger partial charge is 0.494 e. The molecule has 0 aliphatic carbocycles. The van der Waals surface area contributed by atoms with Crippen molar-refractivity contribution < 1.29 is 4.74 Å². The number of hydrogen-bond acceptors (Lipinski definition) is 8. The van der Waals surface area contributed by atoms with Gasteiger partial charge < -0.3 is 30.5 Å². The zero-order valence-electron chi connectivity index (χ0n) is 20.6. The van der Waals surface area contributed by atoms with E-state index in [-0.39, 0.29) is 0 Å². The topological polar surface area (TPSA) is 98.0 Å². The fourth-order valence-corrected chi connectivity index (χ4v) is 5.33. The van der Waals surface area contributed by atoms with Gasteiger partial charge in [-0.25, -0.2) is 0 Å². The molecule has 0 atom stereocenters. The Morgan fingerprint density at radius 1 is 1.22 bits per heavy atom. The molecule has 36 heavy (non-hydrogen) atoms. The number of rotatable bonds is 5. The van der Waals surface area contributed by atoms with Crippen molar-refractivity contribution in [3.63, 3.8) is 0 Å². The predicted octanol–water partition coefficient (Wildman–Crippen LogP) is 4.57. The number of anilines is 3. The van der Waals surface area contributed by atoms with Crippen LogP contribution in [-0.2, 0) is 0 Å². The number of piperidine rings is 1. The molecule has 2 aliphatic heterocycles. The Morgan fingerprint density at radius 2 is 2.00 bits per heavy atom. The molecule has 0 spiro atoms. The Kier molecular flexibility index (Phi) is 7.00. The Balaban J connectivity index is 1.42. The van der Waals surface area contributed by atoms with Gasteiger partial charge in [-0.05, 0) is 67.1 Å². The number of guanidine groups is 1. The molecule has 0 amide bonds. The van der Waals surface area contributed by atoms with Gasteiger partial charge in [0.2, 0.25) is 5.96 Å². The van der Waals surface area contributed by atoms with Crippen LogP contribution in [0, 0.1) is 0 Å². The van der Waals surface area contributed by atoms with Gasteiger partial charge in [-0.15, -0.1) is 0 Å². The molecule has 0 radical (unpaired) electrons. The van der Waals surface area contributed by atoms with E-state index in [0.29, 0.717) is 29.4 Å². The summed E-state index contributed by atoms with van der Waals surface area (Å²) in [6, 6.07) is 10.7. The van der Waals surface area contributed by atoms with Crippen LogP contribution in [0.3, 0.4) is 0 Å². The number of aromatic amines is 1. The van der Waals surface area contributed by atoms with Crippen molar-refractivity contribution in [1.29, 1.82) is 0 Å². The molecule has 3 heterocycles. The van der Waals surface area contributed by atoms with Crippen LogP contribution in [-0.4, -0.2) is 67.9 Å². The number of benzene rings is 2. The van der Waals surface area contributed by atoms with Gasteiger partial charge in [0.05, 0.1) is 46.2 Å². The highest BCUT2D eigenvalue weighted by molar-refractivity contribution is 9.11. The van der Waals surface area contributed by atoms with Crippen LogP contribution in [0.1, 0.15) is 12.8 Å². The monoisotopic (exact) mass is 572 g/mol. The molecular formula is C25H30BrClN8O. The summed E-state index contributed by atoms with van der Waals surface area (Å²) in [5, 5.41) is 12.0. The molecule has 5 rings (SSSR count). The van der Waals surface area contributed by atoms with Crippen LogP contribution >= 0.6 is 27.5 Å². The van der Waals surface area contributed by atoms with Crippen molar-refractivity contribution >= 4 is 61.5 Å². The first kappa shape index (κ1) is 24.7. The number of halogens is 2. The maximum absolute atomic E-state index is 6.67. The third-order valence-electron chi connectivity index (χ3n) is 6.85. The van der Waals surface area contributed by atoms with Crippen molar-refractivity contribution in [3.8, 4) is 5.75 Å². The first-order valence-electron chi connectivity index (χ1n) is 11.8. The van der Waals surface area contributed by atoms with E-state index < -0.39 is 0 Å². The van der Waals surface area contributed by atoms with Gasteiger partial charge in [0.15, 0.2) is 0 Å². The minimum Gasteiger partial charge on any atom is -0.494 e. The molecule has 0 bridgehead atoms. The zero-order chi connectivity index (χ0) is 25.4. The van der Waals surface area contributed by atoms with E-state index in [0.717, 1.165) is 64.1 Å². The number of nitrogens with one attached hydrogen (secondary N) is 2. The number of hydrogen-bond donors (Lipinski definition) is 3. The molecule has 2 aliphatic rings. The van der Waals surface area contributed by atoms with Crippen molar-refractivity contribution in [2.45, 2.75) is 18.9 Å². The summed E-state index contributed by atoms with van der Waals surface area (Å²) in [5.74, 6) is 1.69. The van der Waals surface area contributed by atoms with Gasteiger partial charge in [0.25, 0.3) is 0 Å². The lowest BCUT2D eigenvalue weighted by atomic mass is 10.0. The van der Waals surface area contributed by atoms with Gasteiger partial charge in [-0.3, -0.25) is 5.10 Å². The minimum atomic E-state index is 0.411. The van der Waals surface area contributed by atoms with E-state index in [9.17, 15) is 0 Å². The lowest BCUT2D eigenvalue weighted by Gasteiger charge is -2.36. The molecule has 1 fully saturated rings. The Labute approximate surface area is 224 Å².